The first-order chi connectivity index (χ1) is 18.3. The summed E-state index contributed by atoms with van der Waals surface area (Å²) in [7, 11) is 0. The topological polar surface area (TPSA) is 25.8 Å². The van der Waals surface area contributed by atoms with Gasteiger partial charge in [-0.3, -0.25) is 0 Å². The first-order valence-electron chi connectivity index (χ1n) is 12.1. The Bertz CT molecular complexity index is 1660. The summed E-state index contributed by atoms with van der Waals surface area (Å²) in [5.74, 6) is 0. The fraction of sp³-hybridized carbons (Fsp3) is 0.0909. The third kappa shape index (κ3) is 6.42. The van der Waals surface area contributed by atoms with E-state index in [0.717, 1.165) is 55.9 Å². The zero-order valence-electron chi connectivity index (χ0n) is 21.2. The van der Waals surface area contributed by atoms with Crippen LogP contribution in [0.25, 0.3) is 44.1 Å². The Labute approximate surface area is 238 Å². The van der Waals surface area contributed by atoms with Crippen LogP contribution in [0.3, 0.4) is 0 Å². The van der Waals surface area contributed by atoms with Crippen LogP contribution >= 0.6 is 0 Å². The first-order valence-corrected chi connectivity index (χ1v) is 12.1. The quantitative estimate of drug-likeness (QED) is 0.133. The van der Waals surface area contributed by atoms with E-state index in [9.17, 15) is 13.2 Å². The summed E-state index contributed by atoms with van der Waals surface area (Å²) in [6.45, 7) is 3.97. The standard InChI is InChI=1S/C22H15F3N.C11H8N.Ir/c1-13-9-14(2)11-16(10-13)21-19-6-4-15-3-5-17(22(23,24)25)12-20(15)18(19)7-8-26-21;1-2-6-10(7-3-1)11-8-4-5-9-12-11;/h3-10,12H,1-2H3;1-6,8-9H;/q2*-1;. The summed E-state index contributed by atoms with van der Waals surface area (Å²) in [6, 6.07) is 33.5. The van der Waals surface area contributed by atoms with Gasteiger partial charge in [-0.1, -0.05) is 44.2 Å². The van der Waals surface area contributed by atoms with Crippen molar-refractivity contribution in [1.82, 2.24) is 9.97 Å². The summed E-state index contributed by atoms with van der Waals surface area (Å²) >= 11 is 0. The maximum absolute atomic E-state index is 13.1. The zero-order chi connectivity index (χ0) is 26.7. The molecule has 6 aromatic rings. The Morgan fingerprint density at radius 2 is 1.49 bits per heavy atom. The number of alkyl halides is 3. The van der Waals surface area contributed by atoms with Gasteiger partial charge < -0.3 is 9.97 Å². The number of halogens is 3. The minimum atomic E-state index is -4.37. The van der Waals surface area contributed by atoms with E-state index in [2.05, 4.69) is 22.1 Å². The number of rotatable bonds is 2. The molecule has 0 unspecified atom stereocenters. The molecule has 0 aliphatic rings. The van der Waals surface area contributed by atoms with Crippen molar-refractivity contribution in [2.24, 2.45) is 0 Å². The van der Waals surface area contributed by atoms with Crippen LogP contribution in [0.15, 0.2) is 103 Å². The van der Waals surface area contributed by atoms with Crippen LogP contribution in [-0.2, 0) is 26.3 Å². The normalized spacial score (nSPS) is 11.0. The van der Waals surface area contributed by atoms with Crippen LogP contribution in [0, 0.1) is 26.0 Å². The van der Waals surface area contributed by atoms with E-state index in [4.69, 9.17) is 0 Å². The van der Waals surface area contributed by atoms with Crippen molar-refractivity contribution in [3.63, 3.8) is 0 Å². The Morgan fingerprint density at radius 1 is 0.692 bits per heavy atom. The molecule has 2 nitrogen and oxygen atoms in total. The smallest absolute Gasteiger partial charge is 0.305 e. The molecule has 0 saturated carbocycles. The number of hydrogen-bond donors (Lipinski definition) is 0. The predicted molar refractivity (Wildman–Crippen MR) is 147 cm³/mol. The van der Waals surface area contributed by atoms with Gasteiger partial charge in [0.1, 0.15) is 0 Å². The van der Waals surface area contributed by atoms with Gasteiger partial charge in [-0.2, -0.15) is 13.2 Å². The van der Waals surface area contributed by atoms with Crippen molar-refractivity contribution in [3.05, 3.63) is 132 Å². The largest absolute Gasteiger partial charge is 0.416 e. The molecule has 4 aromatic carbocycles. The summed E-state index contributed by atoms with van der Waals surface area (Å²) in [5, 5.41) is 2.92. The number of benzene rings is 4. The van der Waals surface area contributed by atoms with Gasteiger partial charge in [-0.25, -0.2) is 0 Å². The van der Waals surface area contributed by atoms with E-state index in [-0.39, 0.29) is 20.1 Å². The van der Waals surface area contributed by atoms with Gasteiger partial charge in [0.05, 0.1) is 5.56 Å². The third-order valence-corrected chi connectivity index (χ3v) is 6.14. The van der Waals surface area contributed by atoms with E-state index in [1.165, 1.54) is 12.1 Å². The van der Waals surface area contributed by atoms with E-state index in [1.807, 2.05) is 80.6 Å². The molecule has 0 saturated heterocycles. The van der Waals surface area contributed by atoms with Gasteiger partial charge in [0.25, 0.3) is 0 Å². The van der Waals surface area contributed by atoms with E-state index in [1.54, 1.807) is 18.5 Å². The van der Waals surface area contributed by atoms with Gasteiger partial charge in [0.2, 0.25) is 0 Å². The predicted octanol–water partition coefficient (Wildman–Crippen LogP) is 9.04. The molecule has 1 radical (unpaired) electrons. The molecular weight excluding hydrogens is 674 g/mol. The van der Waals surface area contributed by atoms with E-state index in [0.29, 0.717) is 5.39 Å². The van der Waals surface area contributed by atoms with E-state index < -0.39 is 11.7 Å². The number of aryl methyl sites for hydroxylation is 2. The maximum Gasteiger partial charge on any atom is 0.416 e. The molecule has 0 spiro atoms. The molecule has 0 N–H and O–H groups in total. The Balaban J connectivity index is 0.000000228. The second-order valence-corrected chi connectivity index (χ2v) is 9.00. The molecule has 2 aromatic heterocycles. The minimum Gasteiger partial charge on any atom is -0.305 e. The van der Waals surface area contributed by atoms with Crippen molar-refractivity contribution in [3.8, 4) is 22.5 Å². The summed E-state index contributed by atoms with van der Waals surface area (Å²) in [6.07, 6.45) is -0.938. The van der Waals surface area contributed by atoms with Crippen molar-refractivity contribution >= 4 is 21.5 Å². The van der Waals surface area contributed by atoms with Gasteiger partial charge in [0.15, 0.2) is 0 Å². The Hall–Kier alpha value is -3.86. The van der Waals surface area contributed by atoms with Crippen LogP contribution in [-0.4, -0.2) is 9.97 Å². The number of nitrogens with zero attached hydrogens (tertiary/aromatic N) is 2. The molecule has 0 atom stereocenters. The van der Waals surface area contributed by atoms with Crippen molar-refractivity contribution in [1.29, 1.82) is 0 Å². The molecule has 0 aliphatic carbocycles. The van der Waals surface area contributed by atoms with Crippen molar-refractivity contribution in [2.75, 3.05) is 0 Å². The van der Waals surface area contributed by atoms with Gasteiger partial charge in [0, 0.05) is 32.5 Å². The average molecular weight is 697 g/mol. The molecule has 197 valence electrons. The Morgan fingerprint density at radius 3 is 2.18 bits per heavy atom. The summed E-state index contributed by atoms with van der Waals surface area (Å²) in [4.78, 5) is 8.70. The zero-order valence-corrected chi connectivity index (χ0v) is 23.6. The maximum atomic E-state index is 13.1. The fourth-order valence-corrected chi connectivity index (χ4v) is 4.47. The molecule has 6 rings (SSSR count). The summed E-state index contributed by atoms with van der Waals surface area (Å²) in [5.41, 5.74) is 5.03. The molecule has 0 fully saturated rings. The molecule has 2 heterocycles. The van der Waals surface area contributed by atoms with Crippen molar-refractivity contribution in [2.45, 2.75) is 20.0 Å². The van der Waals surface area contributed by atoms with Gasteiger partial charge in [-0.15, -0.1) is 70.8 Å². The SMILES string of the molecule is Cc1[c-]c(-c2nccc3c2ccc2ccc(C(F)(F)F)cc23)cc(C)c1.[Ir].[c-]1ccccc1-c1ccccn1. The number of fused-ring (bicyclic) bond motifs is 3. The molecule has 6 heteroatoms. The molecular formula is C33H23F3IrN2-2. The fourth-order valence-electron chi connectivity index (χ4n) is 4.47. The van der Waals surface area contributed by atoms with Gasteiger partial charge in [-0.05, 0) is 57.2 Å². The minimum absolute atomic E-state index is 0. The van der Waals surface area contributed by atoms with Crippen LogP contribution in [0.5, 0.6) is 0 Å². The number of hydrogen-bond acceptors (Lipinski definition) is 2. The molecule has 0 bridgehead atoms. The summed E-state index contributed by atoms with van der Waals surface area (Å²) < 4.78 is 39.4. The average Bonchev–Trinajstić information content (AvgIpc) is 2.92. The van der Waals surface area contributed by atoms with Crippen LogP contribution < -0.4 is 0 Å². The van der Waals surface area contributed by atoms with E-state index >= 15 is 0 Å². The van der Waals surface area contributed by atoms with Gasteiger partial charge >= 0.3 is 6.18 Å². The molecule has 39 heavy (non-hydrogen) atoms. The second-order valence-electron chi connectivity index (χ2n) is 9.00. The number of aromatic nitrogens is 2. The number of pyridine rings is 2. The molecule has 0 aliphatic heterocycles. The first kappa shape index (κ1) is 28.2. The van der Waals surface area contributed by atoms with Crippen molar-refractivity contribution < 1.29 is 33.3 Å². The Kier molecular flexibility index (Phi) is 8.59. The second kappa shape index (κ2) is 11.9. The third-order valence-electron chi connectivity index (χ3n) is 6.14. The van der Waals surface area contributed by atoms with Crippen LogP contribution in [0.1, 0.15) is 16.7 Å². The van der Waals surface area contributed by atoms with Crippen LogP contribution in [0.2, 0.25) is 0 Å². The van der Waals surface area contributed by atoms with Crippen LogP contribution in [0.4, 0.5) is 13.2 Å². The monoisotopic (exact) mass is 697 g/mol. The molecule has 0 amide bonds.